The van der Waals surface area contributed by atoms with E-state index in [9.17, 15) is 14.0 Å². The van der Waals surface area contributed by atoms with E-state index in [0.29, 0.717) is 11.4 Å². The Hall–Kier alpha value is -3.41. The van der Waals surface area contributed by atoms with E-state index in [0.717, 1.165) is 16.7 Å². The predicted molar refractivity (Wildman–Crippen MR) is 113 cm³/mol. The summed E-state index contributed by atoms with van der Waals surface area (Å²) < 4.78 is 20.2. The van der Waals surface area contributed by atoms with Crippen molar-refractivity contribution in [3.8, 4) is 11.4 Å². The van der Waals surface area contributed by atoms with Crippen LogP contribution >= 0.6 is 0 Å². The number of ether oxygens (including phenoxy) is 1. The summed E-state index contributed by atoms with van der Waals surface area (Å²) in [5.41, 5.74) is 1.88. The number of hydrogen-bond donors (Lipinski definition) is 1. The lowest BCUT2D eigenvalue weighted by Crippen LogP contribution is -2.28. The number of nitrogens with zero attached hydrogens (tertiary/aromatic N) is 1. The standard InChI is InChI=1S/C23H23FN2O3/c1-23(2,3)19-14-18(26-12-11-20(27)25-22(26)28)13-16(21(19)29-4)8-5-15-6-9-17(24)10-7-15/h5-14H,1-4H3,(H,25,27,28). The molecule has 0 fully saturated rings. The molecule has 29 heavy (non-hydrogen) atoms. The molecule has 0 saturated carbocycles. The Kier molecular flexibility index (Phi) is 5.55. The Morgan fingerprint density at radius 3 is 2.31 bits per heavy atom. The van der Waals surface area contributed by atoms with Gasteiger partial charge in [0.15, 0.2) is 0 Å². The largest absolute Gasteiger partial charge is 0.496 e. The summed E-state index contributed by atoms with van der Waals surface area (Å²) in [6.07, 6.45) is 5.16. The highest BCUT2D eigenvalue weighted by Crippen LogP contribution is 2.37. The highest BCUT2D eigenvalue weighted by atomic mass is 19.1. The molecule has 1 aromatic heterocycles. The van der Waals surface area contributed by atoms with Crippen LogP contribution in [0, 0.1) is 5.82 Å². The van der Waals surface area contributed by atoms with Crippen LogP contribution < -0.4 is 16.0 Å². The number of rotatable bonds is 4. The molecule has 0 aliphatic heterocycles. The Morgan fingerprint density at radius 2 is 1.72 bits per heavy atom. The van der Waals surface area contributed by atoms with Crippen molar-refractivity contribution in [2.45, 2.75) is 26.2 Å². The molecule has 0 aliphatic rings. The smallest absolute Gasteiger partial charge is 0.332 e. The fourth-order valence-electron chi connectivity index (χ4n) is 3.06. The molecule has 2 aromatic carbocycles. The molecule has 0 unspecified atom stereocenters. The van der Waals surface area contributed by atoms with E-state index >= 15 is 0 Å². The molecule has 0 saturated heterocycles. The van der Waals surface area contributed by atoms with Gasteiger partial charge in [0, 0.05) is 23.4 Å². The van der Waals surface area contributed by atoms with Crippen molar-refractivity contribution in [1.82, 2.24) is 9.55 Å². The van der Waals surface area contributed by atoms with Crippen LogP contribution in [0.4, 0.5) is 4.39 Å². The second-order valence-electron chi connectivity index (χ2n) is 7.73. The summed E-state index contributed by atoms with van der Waals surface area (Å²) in [5.74, 6) is 0.395. The first-order valence-electron chi connectivity index (χ1n) is 9.17. The number of benzene rings is 2. The number of H-pyrrole nitrogens is 1. The van der Waals surface area contributed by atoms with Crippen LogP contribution in [0.5, 0.6) is 5.75 Å². The van der Waals surface area contributed by atoms with Gasteiger partial charge in [0.1, 0.15) is 11.6 Å². The number of methoxy groups -OCH3 is 1. The van der Waals surface area contributed by atoms with Crippen LogP contribution in [-0.2, 0) is 5.41 Å². The van der Waals surface area contributed by atoms with Crippen LogP contribution in [0.1, 0.15) is 37.5 Å². The highest BCUT2D eigenvalue weighted by Gasteiger charge is 2.22. The van der Waals surface area contributed by atoms with Gasteiger partial charge in [-0.15, -0.1) is 0 Å². The molecule has 0 radical (unpaired) electrons. The Morgan fingerprint density at radius 1 is 1.03 bits per heavy atom. The first-order chi connectivity index (χ1) is 13.7. The second-order valence-corrected chi connectivity index (χ2v) is 7.73. The minimum Gasteiger partial charge on any atom is -0.496 e. The topological polar surface area (TPSA) is 64.1 Å². The lowest BCUT2D eigenvalue weighted by atomic mass is 9.84. The molecule has 1 heterocycles. The Labute approximate surface area is 168 Å². The van der Waals surface area contributed by atoms with Crippen LogP contribution in [0.15, 0.2) is 58.3 Å². The maximum absolute atomic E-state index is 13.2. The van der Waals surface area contributed by atoms with E-state index in [2.05, 4.69) is 25.8 Å². The highest BCUT2D eigenvalue weighted by molar-refractivity contribution is 5.75. The van der Waals surface area contributed by atoms with Crippen molar-refractivity contribution in [3.05, 3.63) is 92.0 Å². The molecule has 1 N–H and O–H groups in total. The molecular weight excluding hydrogens is 371 g/mol. The summed E-state index contributed by atoms with van der Waals surface area (Å²) in [4.78, 5) is 26.0. The Bertz CT molecular complexity index is 1170. The zero-order chi connectivity index (χ0) is 21.2. The van der Waals surface area contributed by atoms with Gasteiger partial charge < -0.3 is 4.74 Å². The summed E-state index contributed by atoms with van der Waals surface area (Å²) in [7, 11) is 1.60. The Balaban J connectivity index is 2.21. The number of aromatic amines is 1. The molecule has 0 amide bonds. The molecule has 5 nitrogen and oxygen atoms in total. The fraction of sp³-hybridized carbons (Fsp3) is 0.217. The summed E-state index contributed by atoms with van der Waals surface area (Å²) in [5, 5.41) is 0. The van der Waals surface area contributed by atoms with Gasteiger partial charge in [-0.25, -0.2) is 9.18 Å². The summed E-state index contributed by atoms with van der Waals surface area (Å²) >= 11 is 0. The monoisotopic (exact) mass is 394 g/mol. The van der Waals surface area contributed by atoms with E-state index in [1.54, 1.807) is 19.2 Å². The molecular formula is C23H23FN2O3. The van der Waals surface area contributed by atoms with Crippen LogP contribution in [0.25, 0.3) is 17.8 Å². The third kappa shape index (κ3) is 4.54. The van der Waals surface area contributed by atoms with Crippen LogP contribution in [0.2, 0.25) is 0 Å². The average Bonchev–Trinajstić information content (AvgIpc) is 2.66. The van der Waals surface area contributed by atoms with Gasteiger partial charge in [0.05, 0.1) is 12.8 Å². The maximum atomic E-state index is 13.2. The molecule has 0 aliphatic carbocycles. The van der Waals surface area contributed by atoms with Gasteiger partial charge in [-0.1, -0.05) is 45.1 Å². The number of halogens is 1. The first-order valence-corrected chi connectivity index (χ1v) is 9.17. The van der Waals surface area contributed by atoms with Crippen molar-refractivity contribution in [2.24, 2.45) is 0 Å². The van der Waals surface area contributed by atoms with E-state index in [-0.39, 0.29) is 11.2 Å². The molecule has 0 bridgehead atoms. The first kappa shape index (κ1) is 20.3. The SMILES string of the molecule is COc1c(C=Cc2ccc(F)cc2)cc(-n2ccc(=O)[nH]c2=O)cc1C(C)(C)C. The van der Waals surface area contributed by atoms with Gasteiger partial charge in [0.2, 0.25) is 0 Å². The zero-order valence-electron chi connectivity index (χ0n) is 16.8. The normalized spacial score (nSPS) is 11.8. The summed E-state index contributed by atoms with van der Waals surface area (Å²) in [6.45, 7) is 6.16. The van der Waals surface area contributed by atoms with Crippen LogP contribution in [-0.4, -0.2) is 16.7 Å². The molecule has 3 rings (SSSR count). The zero-order valence-corrected chi connectivity index (χ0v) is 16.8. The fourth-order valence-corrected chi connectivity index (χ4v) is 3.06. The lowest BCUT2D eigenvalue weighted by molar-refractivity contribution is 0.396. The molecule has 3 aromatic rings. The molecule has 150 valence electrons. The van der Waals surface area contributed by atoms with Gasteiger partial charge >= 0.3 is 5.69 Å². The van der Waals surface area contributed by atoms with Gasteiger partial charge in [-0.3, -0.25) is 14.3 Å². The average molecular weight is 394 g/mol. The predicted octanol–water partition coefficient (Wildman–Crippen LogP) is 4.14. The van der Waals surface area contributed by atoms with E-state index in [1.807, 2.05) is 24.3 Å². The third-order valence-corrected chi connectivity index (χ3v) is 4.54. The minimum absolute atomic E-state index is 0.258. The van der Waals surface area contributed by atoms with Crippen molar-refractivity contribution < 1.29 is 9.13 Å². The number of aromatic nitrogens is 2. The van der Waals surface area contributed by atoms with Gasteiger partial charge in [0.25, 0.3) is 5.56 Å². The third-order valence-electron chi connectivity index (χ3n) is 4.54. The van der Waals surface area contributed by atoms with Gasteiger partial charge in [-0.2, -0.15) is 0 Å². The lowest BCUT2D eigenvalue weighted by Gasteiger charge is -2.25. The maximum Gasteiger partial charge on any atom is 0.332 e. The second kappa shape index (κ2) is 7.91. The number of nitrogens with one attached hydrogen (secondary N) is 1. The minimum atomic E-state index is -0.518. The van der Waals surface area contributed by atoms with E-state index < -0.39 is 11.2 Å². The van der Waals surface area contributed by atoms with E-state index in [4.69, 9.17) is 4.74 Å². The van der Waals surface area contributed by atoms with Crippen molar-refractivity contribution in [2.75, 3.05) is 7.11 Å². The van der Waals surface area contributed by atoms with Gasteiger partial charge in [-0.05, 0) is 35.2 Å². The van der Waals surface area contributed by atoms with Crippen molar-refractivity contribution >= 4 is 12.2 Å². The van der Waals surface area contributed by atoms with Crippen LogP contribution in [0.3, 0.4) is 0 Å². The quantitative estimate of drug-likeness (QED) is 0.677. The van der Waals surface area contributed by atoms with E-state index in [1.165, 1.54) is 29.0 Å². The number of hydrogen-bond acceptors (Lipinski definition) is 3. The van der Waals surface area contributed by atoms with Crippen molar-refractivity contribution in [3.63, 3.8) is 0 Å². The molecule has 6 heteroatoms. The molecule has 0 spiro atoms. The van der Waals surface area contributed by atoms with Crippen molar-refractivity contribution in [1.29, 1.82) is 0 Å². The molecule has 0 atom stereocenters. The summed E-state index contributed by atoms with van der Waals surface area (Å²) in [6, 6.07) is 11.2.